The molecule has 1 atom stereocenters. The van der Waals surface area contributed by atoms with Crippen LogP contribution in [0.5, 0.6) is 0 Å². The van der Waals surface area contributed by atoms with Gasteiger partial charge in [-0.25, -0.2) is 0 Å². The quantitative estimate of drug-likeness (QED) is 0.849. The Morgan fingerprint density at radius 2 is 2.12 bits per heavy atom. The highest BCUT2D eigenvalue weighted by molar-refractivity contribution is 7.14. The van der Waals surface area contributed by atoms with Crippen molar-refractivity contribution in [3.05, 3.63) is 21.4 Å². The van der Waals surface area contributed by atoms with Crippen molar-refractivity contribution in [2.45, 2.75) is 39.0 Å². The van der Waals surface area contributed by atoms with E-state index >= 15 is 0 Å². The first-order valence-electron chi connectivity index (χ1n) is 8.38. The molecule has 0 bridgehead atoms. The Bertz CT molecular complexity index is 595. The molecule has 1 aromatic rings. The Labute approximate surface area is 153 Å². The van der Waals surface area contributed by atoms with Gasteiger partial charge in [-0.2, -0.15) is 0 Å². The number of rotatable bonds is 4. The minimum atomic E-state index is -0.126. The second-order valence-electron chi connectivity index (χ2n) is 7.03. The van der Waals surface area contributed by atoms with Crippen LogP contribution in [-0.2, 0) is 17.6 Å². The van der Waals surface area contributed by atoms with Crippen molar-refractivity contribution in [3.63, 3.8) is 0 Å². The molecule has 2 aliphatic rings. The van der Waals surface area contributed by atoms with Crippen LogP contribution in [-0.4, -0.2) is 42.9 Å². The molecule has 134 valence electrons. The van der Waals surface area contributed by atoms with Crippen LogP contribution in [0.15, 0.2) is 6.07 Å². The zero-order valence-electron chi connectivity index (χ0n) is 14.1. The van der Waals surface area contributed by atoms with Gasteiger partial charge >= 0.3 is 0 Å². The third-order valence-corrected chi connectivity index (χ3v) is 6.26. The molecule has 24 heavy (non-hydrogen) atoms. The van der Waals surface area contributed by atoms with Crippen LogP contribution in [0.2, 0.25) is 0 Å². The third-order valence-electron chi connectivity index (χ3n) is 5.02. The number of aryl methyl sites for hydroxylation is 2. The van der Waals surface area contributed by atoms with Gasteiger partial charge in [0.1, 0.15) is 0 Å². The van der Waals surface area contributed by atoms with E-state index in [1.807, 2.05) is 11.0 Å². The Morgan fingerprint density at radius 1 is 1.38 bits per heavy atom. The minimum Gasteiger partial charge on any atom is -0.342 e. The number of nitrogens with zero attached hydrogens (tertiary/aromatic N) is 1. The maximum atomic E-state index is 12.3. The lowest BCUT2D eigenvalue weighted by Crippen LogP contribution is -2.40. The average molecular weight is 372 g/mol. The molecule has 1 fully saturated rings. The summed E-state index contributed by atoms with van der Waals surface area (Å²) in [5.41, 5.74) is 7.11. The first-order valence-corrected chi connectivity index (χ1v) is 9.20. The number of likely N-dealkylation sites (tertiary alicyclic amines) is 1. The van der Waals surface area contributed by atoms with Gasteiger partial charge in [0.05, 0.1) is 11.4 Å². The summed E-state index contributed by atoms with van der Waals surface area (Å²) in [4.78, 5) is 28.4. The van der Waals surface area contributed by atoms with Gasteiger partial charge in [0.15, 0.2) is 0 Å². The second-order valence-corrected chi connectivity index (χ2v) is 8.17. The highest BCUT2D eigenvalue weighted by Crippen LogP contribution is 2.30. The van der Waals surface area contributed by atoms with E-state index in [1.165, 1.54) is 23.3 Å². The number of halogens is 1. The van der Waals surface area contributed by atoms with E-state index in [-0.39, 0.29) is 36.2 Å². The third kappa shape index (κ3) is 4.10. The summed E-state index contributed by atoms with van der Waals surface area (Å²) in [7, 11) is 0. The SMILES string of the molecule is CC1(CN)CCN(C(=O)CNC(=O)c2cc3c(s2)CCCC3)C1.Cl. The first kappa shape index (κ1) is 19.2. The summed E-state index contributed by atoms with van der Waals surface area (Å²) in [6, 6.07) is 2.00. The van der Waals surface area contributed by atoms with E-state index in [4.69, 9.17) is 5.73 Å². The predicted molar refractivity (Wildman–Crippen MR) is 98.9 cm³/mol. The summed E-state index contributed by atoms with van der Waals surface area (Å²) in [5, 5.41) is 2.78. The van der Waals surface area contributed by atoms with Crippen molar-refractivity contribution >= 4 is 35.6 Å². The van der Waals surface area contributed by atoms with Crippen LogP contribution in [0.3, 0.4) is 0 Å². The number of nitrogens with one attached hydrogen (secondary N) is 1. The molecule has 2 amide bonds. The standard InChI is InChI=1S/C17H25N3O2S.ClH/c1-17(10-18)6-7-20(11-17)15(21)9-19-16(22)14-8-12-4-2-3-5-13(12)23-14;/h8H,2-7,9-11,18H2,1H3,(H,19,22);1H. The van der Waals surface area contributed by atoms with Crippen molar-refractivity contribution in [2.75, 3.05) is 26.2 Å². The lowest BCUT2D eigenvalue weighted by Gasteiger charge is -2.22. The number of nitrogens with two attached hydrogens (primary N) is 1. The number of carbonyl (C=O) groups is 2. The molecule has 0 saturated carbocycles. The fraction of sp³-hybridized carbons (Fsp3) is 0.647. The van der Waals surface area contributed by atoms with Crippen LogP contribution in [0, 0.1) is 5.41 Å². The molecule has 3 N–H and O–H groups in total. The lowest BCUT2D eigenvalue weighted by molar-refractivity contribution is -0.129. The number of fused-ring (bicyclic) bond motifs is 1. The van der Waals surface area contributed by atoms with Crippen LogP contribution in [0.4, 0.5) is 0 Å². The summed E-state index contributed by atoms with van der Waals surface area (Å²) in [5.74, 6) is -0.143. The molecule has 1 aromatic heterocycles. The number of thiophene rings is 1. The van der Waals surface area contributed by atoms with E-state index < -0.39 is 0 Å². The van der Waals surface area contributed by atoms with Gasteiger partial charge < -0.3 is 16.0 Å². The predicted octanol–water partition coefficient (Wildman–Crippen LogP) is 1.98. The summed E-state index contributed by atoms with van der Waals surface area (Å²) in [6.07, 6.45) is 5.50. The molecule has 5 nitrogen and oxygen atoms in total. The second kappa shape index (κ2) is 7.85. The summed E-state index contributed by atoms with van der Waals surface area (Å²) >= 11 is 1.58. The fourth-order valence-corrected chi connectivity index (χ4v) is 4.53. The Kier molecular flexibility index (Phi) is 6.28. The number of hydrogen-bond donors (Lipinski definition) is 2. The summed E-state index contributed by atoms with van der Waals surface area (Å²) in [6.45, 7) is 4.18. The number of amides is 2. The number of hydrogen-bond acceptors (Lipinski definition) is 4. The molecule has 2 heterocycles. The average Bonchev–Trinajstić information content (AvgIpc) is 3.16. The molecule has 1 aliphatic heterocycles. The van der Waals surface area contributed by atoms with Crippen LogP contribution in [0.1, 0.15) is 46.3 Å². The van der Waals surface area contributed by atoms with Gasteiger partial charge in [-0.3, -0.25) is 9.59 Å². The van der Waals surface area contributed by atoms with E-state index in [0.29, 0.717) is 13.1 Å². The zero-order chi connectivity index (χ0) is 16.4. The fourth-order valence-electron chi connectivity index (χ4n) is 3.36. The highest BCUT2D eigenvalue weighted by Gasteiger charge is 2.34. The van der Waals surface area contributed by atoms with Crippen molar-refractivity contribution in [1.29, 1.82) is 0 Å². The molecule has 1 saturated heterocycles. The Hall–Kier alpha value is -1.11. The van der Waals surface area contributed by atoms with Gasteiger partial charge in [-0.15, -0.1) is 23.7 Å². The van der Waals surface area contributed by atoms with Gasteiger partial charge in [0.25, 0.3) is 5.91 Å². The van der Waals surface area contributed by atoms with Crippen LogP contribution < -0.4 is 11.1 Å². The molecule has 3 rings (SSSR count). The molecule has 0 spiro atoms. The molecule has 1 unspecified atom stereocenters. The smallest absolute Gasteiger partial charge is 0.261 e. The largest absolute Gasteiger partial charge is 0.342 e. The first-order chi connectivity index (χ1) is 11.0. The Morgan fingerprint density at radius 3 is 2.79 bits per heavy atom. The lowest BCUT2D eigenvalue weighted by atomic mass is 9.90. The maximum absolute atomic E-state index is 12.3. The van der Waals surface area contributed by atoms with Crippen LogP contribution >= 0.6 is 23.7 Å². The van der Waals surface area contributed by atoms with Crippen LogP contribution in [0.25, 0.3) is 0 Å². The molecule has 0 aromatic carbocycles. The van der Waals surface area contributed by atoms with Crippen molar-refractivity contribution < 1.29 is 9.59 Å². The monoisotopic (exact) mass is 371 g/mol. The number of carbonyl (C=O) groups excluding carboxylic acids is 2. The molecule has 1 aliphatic carbocycles. The maximum Gasteiger partial charge on any atom is 0.261 e. The van der Waals surface area contributed by atoms with Gasteiger partial charge in [-0.1, -0.05) is 6.92 Å². The molecular weight excluding hydrogens is 346 g/mol. The summed E-state index contributed by atoms with van der Waals surface area (Å²) < 4.78 is 0. The van der Waals surface area contributed by atoms with Gasteiger partial charge in [0.2, 0.25) is 5.91 Å². The van der Waals surface area contributed by atoms with E-state index in [1.54, 1.807) is 11.3 Å². The topological polar surface area (TPSA) is 75.4 Å². The Balaban J connectivity index is 0.00000208. The van der Waals surface area contributed by atoms with E-state index in [9.17, 15) is 9.59 Å². The molecular formula is C17H26ClN3O2S. The minimum absolute atomic E-state index is 0. The van der Waals surface area contributed by atoms with Gasteiger partial charge in [0, 0.05) is 18.0 Å². The van der Waals surface area contributed by atoms with Crippen molar-refractivity contribution in [1.82, 2.24) is 10.2 Å². The van der Waals surface area contributed by atoms with E-state index in [2.05, 4.69) is 12.2 Å². The van der Waals surface area contributed by atoms with Crippen molar-refractivity contribution in [3.8, 4) is 0 Å². The highest BCUT2D eigenvalue weighted by atomic mass is 35.5. The zero-order valence-corrected chi connectivity index (χ0v) is 15.7. The normalized spacial score (nSPS) is 22.7. The van der Waals surface area contributed by atoms with E-state index in [0.717, 1.165) is 30.7 Å². The van der Waals surface area contributed by atoms with Gasteiger partial charge in [-0.05, 0) is 55.7 Å². The molecule has 0 radical (unpaired) electrons. The molecule has 7 heteroatoms. The van der Waals surface area contributed by atoms with Crippen molar-refractivity contribution in [2.24, 2.45) is 11.1 Å².